The average Bonchev–Trinajstić information content (AvgIpc) is 2.74. The van der Waals surface area contributed by atoms with Crippen molar-refractivity contribution in [3.8, 4) is 23.8 Å². The lowest BCUT2D eigenvalue weighted by Gasteiger charge is -2.13. The minimum absolute atomic E-state index is 0.168. The van der Waals surface area contributed by atoms with Gasteiger partial charge in [-0.2, -0.15) is 0 Å². The number of anilines is 1. The molecule has 0 aliphatic carbocycles. The van der Waals surface area contributed by atoms with Gasteiger partial charge >= 0.3 is 0 Å². The van der Waals surface area contributed by atoms with Crippen molar-refractivity contribution in [1.82, 2.24) is 5.32 Å². The van der Waals surface area contributed by atoms with E-state index in [0.717, 1.165) is 12.8 Å². The van der Waals surface area contributed by atoms with Crippen molar-refractivity contribution in [2.45, 2.75) is 26.7 Å². The van der Waals surface area contributed by atoms with E-state index in [0.29, 0.717) is 41.5 Å². The third kappa shape index (κ3) is 6.89. The van der Waals surface area contributed by atoms with Gasteiger partial charge < -0.3 is 20.1 Å². The van der Waals surface area contributed by atoms with Gasteiger partial charge in [-0.1, -0.05) is 25.8 Å². The first-order chi connectivity index (χ1) is 14.1. The van der Waals surface area contributed by atoms with Crippen LogP contribution in [-0.2, 0) is 4.79 Å². The summed E-state index contributed by atoms with van der Waals surface area (Å²) in [5.41, 5.74) is 1.63. The van der Waals surface area contributed by atoms with Crippen LogP contribution >= 0.6 is 0 Å². The summed E-state index contributed by atoms with van der Waals surface area (Å²) in [6, 6.07) is 11.9. The molecule has 2 aromatic rings. The van der Waals surface area contributed by atoms with Crippen LogP contribution in [0.15, 0.2) is 42.5 Å². The van der Waals surface area contributed by atoms with Gasteiger partial charge in [0.15, 0.2) is 11.5 Å². The monoisotopic (exact) mass is 394 g/mol. The first-order valence-corrected chi connectivity index (χ1v) is 9.61. The van der Waals surface area contributed by atoms with E-state index in [2.05, 4.69) is 16.6 Å². The minimum Gasteiger partial charge on any atom is -0.490 e. The fourth-order valence-electron chi connectivity index (χ4n) is 2.46. The lowest BCUT2D eigenvalue weighted by molar-refractivity contribution is -0.115. The van der Waals surface area contributed by atoms with Crippen molar-refractivity contribution in [2.75, 3.05) is 25.1 Å². The Morgan fingerprint density at radius 1 is 1.00 bits per heavy atom. The summed E-state index contributed by atoms with van der Waals surface area (Å²) in [5.74, 6) is 2.90. The second-order valence-electron chi connectivity index (χ2n) is 6.31. The molecule has 0 heterocycles. The summed E-state index contributed by atoms with van der Waals surface area (Å²) in [6.45, 7) is 4.93. The summed E-state index contributed by atoms with van der Waals surface area (Å²) in [4.78, 5) is 24.5. The van der Waals surface area contributed by atoms with Gasteiger partial charge in [-0.3, -0.25) is 9.59 Å². The molecule has 2 amide bonds. The maximum absolute atomic E-state index is 12.4. The molecule has 0 aliphatic heterocycles. The van der Waals surface area contributed by atoms with E-state index in [-0.39, 0.29) is 18.4 Å². The van der Waals surface area contributed by atoms with Crippen LogP contribution in [0.3, 0.4) is 0 Å². The molecule has 0 saturated carbocycles. The maximum atomic E-state index is 12.4. The van der Waals surface area contributed by atoms with Gasteiger partial charge in [-0.25, -0.2) is 0 Å². The number of hydrogen-bond donors (Lipinski definition) is 2. The minimum atomic E-state index is -0.374. The van der Waals surface area contributed by atoms with E-state index in [1.165, 1.54) is 0 Å². The first kappa shape index (κ1) is 21.8. The van der Waals surface area contributed by atoms with E-state index >= 15 is 0 Å². The Bertz CT molecular complexity index is 887. The van der Waals surface area contributed by atoms with Crippen LogP contribution in [0.5, 0.6) is 11.5 Å². The lowest BCUT2D eigenvalue weighted by atomic mass is 10.2. The van der Waals surface area contributed by atoms with E-state index in [9.17, 15) is 9.59 Å². The quantitative estimate of drug-likeness (QED) is 0.604. The highest BCUT2D eigenvalue weighted by molar-refractivity contribution is 5.99. The highest BCUT2D eigenvalue weighted by atomic mass is 16.5. The van der Waals surface area contributed by atoms with Gasteiger partial charge in [0.1, 0.15) is 0 Å². The summed E-state index contributed by atoms with van der Waals surface area (Å²) in [6.07, 6.45) is 7.06. The van der Waals surface area contributed by atoms with Gasteiger partial charge in [0.2, 0.25) is 5.91 Å². The molecule has 0 aliphatic rings. The van der Waals surface area contributed by atoms with Gasteiger partial charge in [0, 0.05) is 16.8 Å². The normalized spacial score (nSPS) is 9.97. The van der Waals surface area contributed by atoms with Crippen LogP contribution in [0.4, 0.5) is 5.69 Å². The van der Waals surface area contributed by atoms with E-state index in [1.54, 1.807) is 42.5 Å². The third-order valence-electron chi connectivity index (χ3n) is 3.85. The number of ether oxygens (including phenoxy) is 2. The van der Waals surface area contributed by atoms with Gasteiger partial charge in [0.05, 0.1) is 19.8 Å². The Balaban J connectivity index is 1.98. The number of nitrogens with one attached hydrogen (secondary N) is 2. The van der Waals surface area contributed by atoms with Crippen molar-refractivity contribution >= 4 is 17.5 Å². The zero-order valence-electron chi connectivity index (χ0n) is 16.8. The van der Waals surface area contributed by atoms with Crippen molar-refractivity contribution in [3.63, 3.8) is 0 Å². The lowest BCUT2D eigenvalue weighted by Crippen LogP contribution is -2.32. The third-order valence-corrected chi connectivity index (χ3v) is 3.85. The topological polar surface area (TPSA) is 76.7 Å². The van der Waals surface area contributed by atoms with Crippen molar-refractivity contribution in [3.05, 3.63) is 53.6 Å². The van der Waals surface area contributed by atoms with Crippen molar-refractivity contribution < 1.29 is 19.1 Å². The SMILES string of the molecule is C#Cc1cccc(NC(=O)CNC(=O)c2ccc(OCCC)c(OCCC)c2)c1. The van der Waals surface area contributed by atoms with Crippen LogP contribution in [0.2, 0.25) is 0 Å². The molecule has 0 atom stereocenters. The predicted molar refractivity (Wildman–Crippen MR) is 113 cm³/mol. The number of terminal acetylenes is 1. The smallest absolute Gasteiger partial charge is 0.251 e. The predicted octanol–water partition coefficient (Wildman–Crippen LogP) is 3.61. The summed E-state index contributed by atoms with van der Waals surface area (Å²) < 4.78 is 11.4. The van der Waals surface area contributed by atoms with Crippen LogP contribution < -0.4 is 20.1 Å². The summed E-state index contributed by atoms with van der Waals surface area (Å²) >= 11 is 0. The number of carbonyl (C=O) groups excluding carboxylic acids is 2. The number of carbonyl (C=O) groups is 2. The molecule has 2 N–H and O–H groups in total. The Hall–Kier alpha value is -3.46. The standard InChI is InChI=1S/C23H26N2O4/c1-4-12-28-20-11-10-18(15-21(20)29-13-5-2)23(27)24-16-22(26)25-19-9-7-8-17(6-3)14-19/h3,7-11,14-15H,4-5,12-13,16H2,1-2H3,(H,24,27)(H,25,26). The van der Waals surface area contributed by atoms with Crippen LogP contribution in [0.1, 0.15) is 42.6 Å². The fourth-order valence-corrected chi connectivity index (χ4v) is 2.46. The average molecular weight is 394 g/mol. The Morgan fingerprint density at radius 2 is 1.72 bits per heavy atom. The molecule has 152 valence electrons. The van der Waals surface area contributed by atoms with Gasteiger partial charge in [-0.05, 0) is 49.2 Å². The zero-order chi connectivity index (χ0) is 21.1. The van der Waals surface area contributed by atoms with E-state index in [1.807, 2.05) is 13.8 Å². The molecule has 6 heteroatoms. The summed E-state index contributed by atoms with van der Waals surface area (Å²) in [7, 11) is 0. The molecule has 0 spiro atoms. The molecule has 0 aromatic heterocycles. The Kier molecular flexibility index (Phi) is 8.58. The molecule has 2 aromatic carbocycles. The molecule has 0 bridgehead atoms. The number of amides is 2. The van der Waals surface area contributed by atoms with Gasteiger partial charge in [-0.15, -0.1) is 6.42 Å². The molecule has 29 heavy (non-hydrogen) atoms. The molecule has 0 saturated heterocycles. The molecule has 2 rings (SSSR count). The fraction of sp³-hybridized carbons (Fsp3) is 0.304. The van der Waals surface area contributed by atoms with E-state index < -0.39 is 0 Å². The molecule has 0 radical (unpaired) electrons. The van der Waals surface area contributed by atoms with Crippen LogP contribution in [0, 0.1) is 12.3 Å². The maximum Gasteiger partial charge on any atom is 0.251 e. The molecule has 0 fully saturated rings. The number of hydrogen-bond acceptors (Lipinski definition) is 4. The summed E-state index contributed by atoms with van der Waals surface area (Å²) in [5, 5.41) is 5.31. The molecular weight excluding hydrogens is 368 g/mol. The Morgan fingerprint density at radius 3 is 2.41 bits per heavy atom. The van der Waals surface area contributed by atoms with Crippen LogP contribution in [-0.4, -0.2) is 31.6 Å². The van der Waals surface area contributed by atoms with Gasteiger partial charge in [0.25, 0.3) is 5.91 Å². The number of benzene rings is 2. The highest BCUT2D eigenvalue weighted by Gasteiger charge is 2.13. The highest BCUT2D eigenvalue weighted by Crippen LogP contribution is 2.29. The van der Waals surface area contributed by atoms with Crippen molar-refractivity contribution in [2.24, 2.45) is 0 Å². The Labute approximate surface area is 171 Å². The van der Waals surface area contributed by atoms with Crippen LogP contribution in [0.25, 0.3) is 0 Å². The first-order valence-electron chi connectivity index (χ1n) is 9.61. The zero-order valence-corrected chi connectivity index (χ0v) is 16.8. The number of rotatable bonds is 10. The molecule has 6 nitrogen and oxygen atoms in total. The second kappa shape index (κ2) is 11.4. The largest absolute Gasteiger partial charge is 0.490 e. The van der Waals surface area contributed by atoms with Crippen molar-refractivity contribution in [1.29, 1.82) is 0 Å². The second-order valence-corrected chi connectivity index (χ2v) is 6.31. The van der Waals surface area contributed by atoms with E-state index in [4.69, 9.17) is 15.9 Å². The molecule has 0 unspecified atom stereocenters. The molecular formula is C23H26N2O4.